The molecule has 4 heteroatoms. The van der Waals surface area contributed by atoms with E-state index in [0.29, 0.717) is 12.2 Å². The minimum Gasteiger partial charge on any atom is -0.384 e. The molecule has 18 heavy (non-hydrogen) atoms. The number of amides is 1. The first-order chi connectivity index (χ1) is 8.69. The molecule has 1 atom stereocenters. The first-order valence-corrected chi connectivity index (χ1v) is 6.31. The van der Waals surface area contributed by atoms with Crippen molar-refractivity contribution in [3.63, 3.8) is 0 Å². The van der Waals surface area contributed by atoms with Crippen molar-refractivity contribution in [2.75, 3.05) is 25.6 Å². The zero-order valence-corrected chi connectivity index (χ0v) is 11.3. The largest absolute Gasteiger partial charge is 0.384 e. The van der Waals surface area contributed by atoms with E-state index in [2.05, 4.69) is 17.6 Å². The van der Waals surface area contributed by atoms with Crippen molar-refractivity contribution in [1.82, 2.24) is 5.32 Å². The number of ether oxygens (including phenoxy) is 1. The van der Waals surface area contributed by atoms with Crippen LogP contribution in [0.5, 0.6) is 0 Å². The number of carbonyl (C=O) groups is 1. The number of nitrogens with one attached hydrogen (secondary N) is 2. The van der Waals surface area contributed by atoms with Crippen molar-refractivity contribution in [3.8, 4) is 0 Å². The van der Waals surface area contributed by atoms with E-state index >= 15 is 0 Å². The fourth-order valence-corrected chi connectivity index (χ4v) is 1.69. The van der Waals surface area contributed by atoms with Gasteiger partial charge < -0.3 is 15.4 Å². The first-order valence-electron chi connectivity index (χ1n) is 6.31. The van der Waals surface area contributed by atoms with Crippen molar-refractivity contribution in [2.45, 2.75) is 26.3 Å². The minimum absolute atomic E-state index is 0.00160. The Balaban J connectivity index is 2.71. The Morgan fingerprint density at radius 3 is 2.78 bits per heavy atom. The summed E-state index contributed by atoms with van der Waals surface area (Å²) in [4.78, 5) is 12.1. The molecule has 1 unspecified atom stereocenters. The van der Waals surface area contributed by atoms with E-state index in [1.165, 1.54) is 0 Å². The normalized spacial score (nSPS) is 11.9. The van der Waals surface area contributed by atoms with E-state index in [1.807, 2.05) is 31.2 Å². The highest BCUT2D eigenvalue weighted by Crippen LogP contribution is 2.15. The molecule has 2 N–H and O–H groups in total. The average molecular weight is 250 g/mol. The van der Waals surface area contributed by atoms with Gasteiger partial charge in [0.2, 0.25) is 0 Å². The fourth-order valence-electron chi connectivity index (χ4n) is 1.69. The summed E-state index contributed by atoms with van der Waals surface area (Å²) in [6.07, 6.45) is 1.02. The summed E-state index contributed by atoms with van der Waals surface area (Å²) in [5, 5.41) is 6.17. The maximum Gasteiger partial charge on any atom is 0.253 e. The Morgan fingerprint density at radius 1 is 1.39 bits per heavy atom. The van der Waals surface area contributed by atoms with Crippen molar-refractivity contribution in [2.24, 2.45) is 0 Å². The van der Waals surface area contributed by atoms with Crippen LogP contribution >= 0.6 is 0 Å². The zero-order valence-electron chi connectivity index (χ0n) is 11.3. The second-order valence-electron chi connectivity index (χ2n) is 4.30. The lowest BCUT2D eigenvalue weighted by atomic mass is 10.1. The molecule has 0 fully saturated rings. The third-order valence-electron chi connectivity index (χ3n) is 2.53. The summed E-state index contributed by atoms with van der Waals surface area (Å²) in [6, 6.07) is 7.54. The third kappa shape index (κ3) is 4.37. The van der Waals surface area contributed by atoms with Crippen LogP contribution in [-0.4, -0.2) is 32.2 Å². The highest BCUT2D eigenvalue weighted by atomic mass is 16.5. The number of benzene rings is 1. The average Bonchev–Trinajstić information content (AvgIpc) is 2.36. The van der Waals surface area contributed by atoms with Gasteiger partial charge in [0.05, 0.1) is 12.2 Å². The number of rotatable bonds is 7. The van der Waals surface area contributed by atoms with E-state index in [0.717, 1.165) is 18.7 Å². The van der Waals surface area contributed by atoms with Gasteiger partial charge in [0, 0.05) is 25.4 Å². The van der Waals surface area contributed by atoms with Crippen LogP contribution in [0.2, 0.25) is 0 Å². The summed E-state index contributed by atoms with van der Waals surface area (Å²) in [5.74, 6) is -0.0706. The van der Waals surface area contributed by atoms with Gasteiger partial charge in [0.1, 0.15) is 0 Å². The van der Waals surface area contributed by atoms with Gasteiger partial charge in [-0.05, 0) is 25.5 Å². The van der Waals surface area contributed by atoms with Gasteiger partial charge >= 0.3 is 0 Å². The zero-order chi connectivity index (χ0) is 13.4. The Kier molecular flexibility index (Phi) is 6.22. The van der Waals surface area contributed by atoms with E-state index in [4.69, 9.17) is 4.74 Å². The molecule has 1 amide bonds. The Hall–Kier alpha value is -1.55. The summed E-state index contributed by atoms with van der Waals surface area (Å²) in [5.41, 5.74) is 1.55. The Morgan fingerprint density at radius 2 is 2.11 bits per heavy atom. The molecule has 0 aliphatic rings. The highest BCUT2D eigenvalue weighted by molar-refractivity contribution is 5.99. The second-order valence-corrected chi connectivity index (χ2v) is 4.30. The lowest BCUT2D eigenvalue weighted by molar-refractivity contribution is 0.0906. The van der Waals surface area contributed by atoms with Gasteiger partial charge in [-0.2, -0.15) is 0 Å². The van der Waals surface area contributed by atoms with Crippen LogP contribution in [0.4, 0.5) is 5.69 Å². The predicted molar refractivity (Wildman–Crippen MR) is 74.0 cm³/mol. The van der Waals surface area contributed by atoms with E-state index < -0.39 is 0 Å². The van der Waals surface area contributed by atoms with Crippen molar-refractivity contribution >= 4 is 11.6 Å². The molecule has 0 saturated heterocycles. The molecule has 0 radical (unpaired) electrons. The van der Waals surface area contributed by atoms with Crippen LogP contribution < -0.4 is 10.6 Å². The molecule has 0 saturated carbocycles. The van der Waals surface area contributed by atoms with Gasteiger partial charge in [0.15, 0.2) is 0 Å². The summed E-state index contributed by atoms with van der Waals surface area (Å²) >= 11 is 0. The Labute approximate surface area is 109 Å². The van der Waals surface area contributed by atoms with Crippen LogP contribution in [0.1, 0.15) is 30.6 Å². The van der Waals surface area contributed by atoms with E-state index in [-0.39, 0.29) is 11.9 Å². The number of anilines is 1. The SMILES string of the molecule is CCCNc1ccccc1C(=O)NC(C)COC. The summed E-state index contributed by atoms with van der Waals surface area (Å²) in [7, 11) is 1.62. The van der Waals surface area contributed by atoms with Crippen LogP contribution in [0.15, 0.2) is 24.3 Å². The fraction of sp³-hybridized carbons (Fsp3) is 0.500. The molecule has 1 aromatic carbocycles. The van der Waals surface area contributed by atoms with Gasteiger partial charge in [0.25, 0.3) is 5.91 Å². The topological polar surface area (TPSA) is 50.4 Å². The molecule has 0 aromatic heterocycles. The number of hydrogen-bond acceptors (Lipinski definition) is 3. The lowest BCUT2D eigenvalue weighted by Gasteiger charge is -2.15. The van der Waals surface area contributed by atoms with Gasteiger partial charge in [-0.3, -0.25) is 4.79 Å². The summed E-state index contributed by atoms with van der Waals surface area (Å²) in [6.45, 7) is 5.38. The molecule has 0 heterocycles. The van der Waals surface area contributed by atoms with Gasteiger partial charge in [-0.15, -0.1) is 0 Å². The maximum absolute atomic E-state index is 12.1. The second kappa shape index (κ2) is 7.71. The molecule has 4 nitrogen and oxygen atoms in total. The highest BCUT2D eigenvalue weighted by Gasteiger charge is 2.12. The monoisotopic (exact) mass is 250 g/mol. The smallest absolute Gasteiger partial charge is 0.253 e. The van der Waals surface area contributed by atoms with Gasteiger partial charge in [-0.1, -0.05) is 19.1 Å². The van der Waals surface area contributed by atoms with Crippen molar-refractivity contribution < 1.29 is 9.53 Å². The van der Waals surface area contributed by atoms with Crippen LogP contribution in [0.25, 0.3) is 0 Å². The third-order valence-corrected chi connectivity index (χ3v) is 2.53. The van der Waals surface area contributed by atoms with Crippen molar-refractivity contribution in [3.05, 3.63) is 29.8 Å². The number of methoxy groups -OCH3 is 1. The van der Waals surface area contributed by atoms with Crippen LogP contribution in [0, 0.1) is 0 Å². The van der Waals surface area contributed by atoms with Crippen LogP contribution in [0.3, 0.4) is 0 Å². The van der Waals surface area contributed by atoms with Crippen LogP contribution in [-0.2, 0) is 4.74 Å². The van der Waals surface area contributed by atoms with E-state index in [9.17, 15) is 4.79 Å². The standard InChI is InChI=1S/C14H22N2O2/c1-4-9-15-13-8-6-5-7-12(13)14(17)16-11(2)10-18-3/h5-8,11,15H,4,9-10H2,1-3H3,(H,16,17). The quantitative estimate of drug-likeness (QED) is 0.780. The lowest BCUT2D eigenvalue weighted by Crippen LogP contribution is -2.35. The molecule has 0 aliphatic carbocycles. The predicted octanol–water partition coefficient (Wildman–Crippen LogP) is 2.27. The molecule has 0 spiro atoms. The molecular formula is C14H22N2O2. The van der Waals surface area contributed by atoms with Gasteiger partial charge in [-0.25, -0.2) is 0 Å². The van der Waals surface area contributed by atoms with Crippen molar-refractivity contribution in [1.29, 1.82) is 0 Å². The number of hydrogen-bond donors (Lipinski definition) is 2. The molecule has 1 rings (SSSR count). The minimum atomic E-state index is -0.0706. The molecule has 1 aromatic rings. The van der Waals surface area contributed by atoms with E-state index in [1.54, 1.807) is 7.11 Å². The number of para-hydroxylation sites is 1. The molecule has 0 aliphatic heterocycles. The molecular weight excluding hydrogens is 228 g/mol. The first kappa shape index (κ1) is 14.5. The Bertz CT molecular complexity index is 380. The maximum atomic E-state index is 12.1. The number of carbonyl (C=O) groups excluding carboxylic acids is 1. The molecule has 0 bridgehead atoms. The molecule has 100 valence electrons. The summed E-state index contributed by atoms with van der Waals surface area (Å²) < 4.78 is 5.01.